The van der Waals surface area contributed by atoms with Gasteiger partial charge in [-0.2, -0.15) is 0 Å². The first-order chi connectivity index (χ1) is 11.6. The zero-order valence-corrected chi connectivity index (χ0v) is 13.1. The van der Waals surface area contributed by atoms with Gasteiger partial charge >= 0.3 is 0 Å². The Bertz CT molecular complexity index is 955. The molecule has 5 nitrogen and oxygen atoms in total. The van der Waals surface area contributed by atoms with Crippen LogP contribution >= 0.6 is 0 Å². The van der Waals surface area contributed by atoms with E-state index in [1.165, 1.54) is 0 Å². The van der Waals surface area contributed by atoms with Gasteiger partial charge in [-0.1, -0.05) is 0 Å². The molecule has 5 heteroatoms. The minimum atomic E-state index is -0.182. The van der Waals surface area contributed by atoms with Crippen molar-refractivity contribution in [2.75, 3.05) is 11.1 Å². The summed E-state index contributed by atoms with van der Waals surface area (Å²) in [4.78, 5) is 27.6. The molecule has 120 valence electrons. The number of hydrogen-bond donors (Lipinski definition) is 3. The Morgan fingerprint density at radius 2 is 1.88 bits per heavy atom. The molecule has 2 aromatic carbocycles. The van der Waals surface area contributed by atoms with Gasteiger partial charge in [-0.25, -0.2) is 0 Å². The van der Waals surface area contributed by atoms with Gasteiger partial charge in [0, 0.05) is 46.4 Å². The van der Waals surface area contributed by atoms with E-state index in [1.807, 2.05) is 12.1 Å². The molecule has 0 unspecified atom stereocenters. The molecule has 3 aromatic rings. The Labute approximate surface area is 138 Å². The molecule has 0 fully saturated rings. The Kier molecular flexibility index (Phi) is 3.34. The highest BCUT2D eigenvalue weighted by molar-refractivity contribution is 6.07. The van der Waals surface area contributed by atoms with Crippen LogP contribution in [0.3, 0.4) is 0 Å². The molecule has 1 heterocycles. The number of ketones is 1. The smallest absolute Gasteiger partial charge is 0.255 e. The summed E-state index contributed by atoms with van der Waals surface area (Å²) in [6.45, 7) is 0. The monoisotopic (exact) mass is 319 g/mol. The number of H-pyrrole nitrogens is 1. The van der Waals surface area contributed by atoms with Gasteiger partial charge in [0.05, 0.1) is 0 Å². The van der Waals surface area contributed by atoms with Crippen molar-refractivity contribution in [1.29, 1.82) is 0 Å². The number of aromatic nitrogens is 1. The molecule has 4 N–H and O–H groups in total. The standard InChI is InChI=1S/C19H17N3O2/c20-12-2-4-13(5-3-12)21-19(24)11-1-7-17-15(9-11)16-10-14(23)6-8-18(16)22-17/h1-5,7,9,22H,6,8,10,20H2,(H,21,24). The predicted molar refractivity (Wildman–Crippen MR) is 94.1 cm³/mol. The van der Waals surface area contributed by atoms with Crippen LogP contribution in [0.4, 0.5) is 11.4 Å². The van der Waals surface area contributed by atoms with E-state index in [4.69, 9.17) is 5.73 Å². The minimum absolute atomic E-state index is 0.182. The lowest BCUT2D eigenvalue weighted by atomic mass is 9.94. The molecular weight excluding hydrogens is 302 g/mol. The van der Waals surface area contributed by atoms with Crippen molar-refractivity contribution in [3.05, 3.63) is 59.3 Å². The molecule has 0 atom stereocenters. The van der Waals surface area contributed by atoms with Crippen LogP contribution in [-0.2, 0) is 17.6 Å². The third-order valence-electron chi connectivity index (χ3n) is 4.45. The fourth-order valence-corrected chi connectivity index (χ4v) is 3.18. The summed E-state index contributed by atoms with van der Waals surface area (Å²) >= 11 is 0. The number of nitrogens with one attached hydrogen (secondary N) is 2. The number of nitrogen functional groups attached to an aromatic ring is 1. The first-order valence-electron chi connectivity index (χ1n) is 7.92. The molecular formula is C19H17N3O2. The molecule has 4 rings (SSSR count). The van der Waals surface area contributed by atoms with Gasteiger partial charge in [-0.15, -0.1) is 0 Å². The number of carbonyl (C=O) groups is 2. The number of nitrogens with two attached hydrogens (primary N) is 1. The average Bonchev–Trinajstić information content (AvgIpc) is 2.94. The topological polar surface area (TPSA) is 88.0 Å². The van der Waals surface area contributed by atoms with E-state index in [0.717, 1.165) is 28.6 Å². The summed E-state index contributed by atoms with van der Waals surface area (Å²) in [5, 5.41) is 3.82. The zero-order valence-electron chi connectivity index (χ0n) is 13.1. The Morgan fingerprint density at radius 3 is 2.67 bits per heavy atom. The van der Waals surface area contributed by atoms with E-state index >= 15 is 0 Å². The second-order valence-corrected chi connectivity index (χ2v) is 6.13. The minimum Gasteiger partial charge on any atom is -0.399 e. The van der Waals surface area contributed by atoms with E-state index < -0.39 is 0 Å². The number of anilines is 2. The average molecular weight is 319 g/mol. The van der Waals surface area contributed by atoms with Crippen LogP contribution in [0.5, 0.6) is 0 Å². The lowest BCUT2D eigenvalue weighted by Crippen LogP contribution is -2.13. The van der Waals surface area contributed by atoms with Gasteiger partial charge in [0.25, 0.3) is 5.91 Å². The van der Waals surface area contributed by atoms with Crippen LogP contribution in [0.2, 0.25) is 0 Å². The second-order valence-electron chi connectivity index (χ2n) is 6.13. The number of Topliss-reactive ketones (excluding diaryl/α,β-unsaturated/α-hetero) is 1. The molecule has 0 saturated heterocycles. The van der Waals surface area contributed by atoms with Crippen LogP contribution < -0.4 is 11.1 Å². The maximum atomic E-state index is 12.5. The maximum Gasteiger partial charge on any atom is 0.255 e. The first-order valence-corrected chi connectivity index (χ1v) is 7.92. The molecule has 0 saturated carbocycles. The zero-order chi connectivity index (χ0) is 16.7. The lowest BCUT2D eigenvalue weighted by Gasteiger charge is -2.10. The SMILES string of the molecule is Nc1ccc(NC(=O)c2ccc3[nH]c4c(c3c2)CC(=O)CC4)cc1. The molecule has 1 amide bonds. The van der Waals surface area contributed by atoms with Gasteiger partial charge in [0.2, 0.25) is 0 Å². The second kappa shape index (κ2) is 5.53. The molecule has 0 radical (unpaired) electrons. The van der Waals surface area contributed by atoms with Crippen LogP contribution in [-0.4, -0.2) is 16.7 Å². The predicted octanol–water partition coefficient (Wildman–Crippen LogP) is 3.06. The number of carbonyl (C=O) groups excluding carboxylic acids is 2. The van der Waals surface area contributed by atoms with E-state index in [9.17, 15) is 9.59 Å². The number of benzene rings is 2. The Balaban J connectivity index is 1.67. The van der Waals surface area contributed by atoms with Crippen molar-refractivity contribution in [1.82, 2.24) is 4.98 Å². The van der Waals surface area contributed by atoms with Crippen LogP contribution in [0.25, 0.3) is 10.9 Å². The summed E-state index contributed by atoms with van der Waals surface area (Å²) in [6.07, 6.45) is 1.78. The van der Waals surface area contributed by atoms with Crippen molar-refractivity contribution in [2.45, 2.75) is 19.3 Å². The fraction of sp³-hybridized carbons (Fsp3) is 0.158. The quantitative estimate of drug-likeness (QED) is 0.634. The number of amides is 1. The molecule has 0 bridgehead atoms. The summed E-state index contributed by atoms with van der Waals surface area (Å²) in [5.74, 6) is 0.0684. The van der Waals surface area contributed by atoms with Crippen LogP contribution in [0, 0.1) is 0 Å². The molecule has 1 aromatic heterocycles. The normalized spacial score (nSPS) is 13.8. The van der Waals surface area contributed by atoms with Crippen molar-refractivity contribution in [3.8, 4) is 0 Å². The Morgan fingerprint density at radius 1 is 1.08 bits per heavy atom. The molecule has 1 aliphatic carbocycles. The third-order valence-corrected chi connectivity index (χ3v) is 4.45. The Hall–Kier alpha value is -3.08. The third kappa shape index (κ3) is 2.54. The summed E-state index contributed by atoms with van der Waals surface area (Å²) in [7, 11) is 0. The highest BCUT2D eigenvalue weighted by Gasteiger charge is 2.21. The van der Waals surface area contributed by atoms with Crippen molar-refractivity contribution in [2.24, 2.45) is 0 Å². The number of rotatable bonds is 2. The van der Waals surface area contributed by atoms with E-state index in [-0.39, 0.29) is 11.7 Å². The molecule has 1 aliphatic rings. The maximum absolute atomic E-state index is 12.5. The molecule has 0 spiro atoms. The van der Waals surface area contributed by atoms with Gasteiger partial charge in [0.15, 0.2) is 0 Å². The van der Waals surface area contributed by atoms with E-state index in [0.29, 0.717) is 29.8 Å². The van der Waals surface area contributed by atoms with Gasteiger partial charge in [-0.3, -0.25) is 9.59 Å². The number of aromatic amines is 1. The van der Waals surface area contributed by atoms with Crippen LogP contribution in [0.15, 0.2) is 42.5 Å². The van der Waals surface area contributed by atoms with E-state index in [1.54, 1.807) is 30.3 Å². The number of hydrogen-bond acceptors (Lipinski definition) is 3. The fourth-order valence-electron chi connectivity index (χ4n) is 3.18. The van der Waals surface area contributed by atoms with Gasteiger partial charge in [0.1, 0.15) is 5.78 Å². The molecule has 0 aliphatic heterocycles. The lowest BCUT2D eigenvalue weighted by molar-refractivity contribution is -0.118. The van der Waals surface area contributed by atoms with Crippen LogP contribution in [0.1, 0.15) is 28.0 Å². The van der Waals surface area contributed by atoms with Crippen molar-refractivity contribution in [3.63, 3.8) is 0 Å². The summed E-state index contributed by atoms with van der Waals surface area (Å²) in [5.41, 5.74) is 10.7. The first kappa shape index (κ1) is 14.5. The van der Waals surface area contributed by atoms with Crippen molar-refractivity contribution >= 4 is 34.0 Å². The largest absolute Gasteiger partial charge is 0.399 e. The van der Waals surface area contributed by atoms with E-state index in [2.05, 4.69) is 10.3 Å². The van der Waals surface area contributed by atoms with Gasteiger partial charge < -0.3 is 16.0 Å². The number of aryl methyl sites for hydroxylation is 1. The number of fused-ring (bicyclic) bond motifs is 3. The van der Waals surface area contributed by atoms with Gasteiger partial charge in [-0.05, 0) is 54.4 Å². The highest BCUT2D eigenvalue weighted by atomic mass is 16.1. The summed E-state index contributed by atoms with van der Waals surface area (Å²) in [6, 6.07) is 12.6. The molecule has 24 heavy (non-hydrogen) atoms. The van der Waals surface area contributed by atoms with Crippen molar-refractivity contribution < 1.29 is 9.59 Å². The summed E-state index contributed by atoms with van der Waals surface area (Å²) < 4.78 is 0. The highest BCUT2D eigenvalue weighted by Crippen LogP contribution is 2.28.